The first-order valence-electron chi connectivity index (χ1n) is 5.90. The molecule has 0 fully saturated rings. The summed E-state index contributed by atoms with van der Waals surface area (Å²) in [7, 11) is 0. The molecule has 0 aromatic rings. The van der Waals surface area contributed by atoms with Gasteiger partial charge in [0.15, 0.2) is 0 Å². The summed E-state index contributed by atoms with van der Waals surface area (Å²) in [6.07, 6.45) is 0. The molecule has 0 saturated carbocycles. The van der Waals surface area contributed by atoms with Crippen LogP contribution in [0.3, 0.4) is 0 Å². The smallest absolute Gasteiger partial charge is 0.207 e. The summed E-state index contributed by atoms with van der Waals surface area (Å²) < 4.78 is 5.02. The number of hydrogen-bond donors (Lipinski definition) is 0. The molecule has 0 saturated heterocycles. The number of carbonyl (C=O) groups excluding carboxylic acids is 1. The maximum atomic E-state index is 12.7. The van der Waals surface area contributed by atoms with Crippen molar-refractivity contribution in [2.75, 3.05) is 0 Å². The van der Waals surface area contributed by atoms with E-state index in [1.165, 1.54) is 16.9 Å². The van der Waals surface area contributed by atoms with Gasteiger partial charge in [0.25, 0.3) is 0 Å². The molecule has 9 heteroatoms. The third kappa shape index (κ3) is 3.46. The van der Waals surface area contributed by atoms with Gasteiger partial charge in [-0.15, -0.1) is 0 Å². The third-order valence-electron chi connectivity index (χ3n) is 2.54. The van der Waals surface area contributed by atoms with E-state index in [-0.39, 0.29) is 5.78 Å². The topological polar surface area (TPSA) is 17.1 Å². The minimum atomic E-state index is 0.156. The number of rotatable bonds is 2. The lowest BCUT2D eigenvalue weighted by Gasteiger charge is -2.03. The van der Waals surface area contributed by atoms with Crippen LogP contribution in [0.1, 0.15) is 0 Å². The van der Waals surface area contributed by atoms with Crippen molar-refractivity contribution in [1.82, 2.24) is 0 Å². The van der Waals surface area contributed by atoms with E-state index in [0.29, 0.717) is 0 Å². The molecular weight excluding hydrogens is 429 g/mol. The summed E-state index contributed by atoms with van der Waals surface area (Å²) in [6, 6.07) is 0. The third-order valence-corrected chi connectivity index (χ3v) is 12.6. The number of hydrogen-bond acceptors (Lipinski definition) is 9. The standard InChI is InChI=1S/C13H6OS8/c14-9(7-5-19-12(21-7)10-15-1-2-16-10)8-6-20-13(22-8)11-17-3-4-18-11/h1-6H. The second kappa shape index (κ2) is 7.43. The Labute approximate surface area is 162 Å². The van der Waals surface area contributed by atoms with Crippen molar-refractivity contribution in [1.29, 1.82) is 0 Å². The van der Waals surface area contributed by atoms with Gasteiger partial charge in [-0.25, -0.2) is 0 Å². The molecule has 4 rings (SSSR count). The molecular formula is C13H6OS8. The van der Waals surface area contributed by atoms with E-state index in [1.807, 2.05) is 10.8 Å². The number of carbonyl (C=O) groups is 1. The minimum absolute atomic E-state index is 0.156. The molecule has 4 aliphatic heterocycles. The molecule has 0 aromatic carbocycles. The summed E-state index contributed by atoms with van der Waals surface area (Å²) in [6.45, 7) is 0. The van der Waals surface area contributed by atoms with Gasteiger partial charge in [-0.3, -0.25) is 4.79 Å². The van der Waals surface area contributed by atoms with Crippen molar-refractivity contribution in [2.24, 2.45) is 0 Å². The highest BCUT2D eigenvalue weighted by atomic mass is 32.2. The van der Waals surface area contributed by atoms with Crippen LogP contribution in [-0.4, -0.2) is 5.78 Å². The largest absolute Gasteiger partial charge is 0.287 e. The quantitative estimate of drug-likeness (QED) is 0.439. The predicted octanol–water partition coefficient (Wildman–Crippen LogP) is 7.35. The van der Waals surface area contributed by atoms with E-state index in [2.05, 4.69) is 21.6 Å². The highest BCUT2D eigenvalue weighted by molar-refractivity contribution is 8.35. The van der Waals surface area contributed by atoms with Gasteiger partial charge in [-0.2, -0.15) is 0 Å². The van der Waals surface area contributed by atoms with Crippen molar-refractivity contribution in [3.63, 3.8) is 0 Å². The Balaban J connectivity index is 1.43. The fourth-order valence-electron chi connectivity index (χ4n) is 1.62. The van der Waals surface area contributed by atoms with Crippen LogP contribution in [-0.2, 0) is 4.79 Å². The van der Waals surface area contributed by atoms with Crippen molar-refractivity contribution in [3.8, 4) is 0 Å². The average Bonchev–Trinajstić information content (AvgIpc) is 3.35. The Morgan fingerprint density at radius 2 is 1.00 bits per heavy atom. The van der Waals surface area contributed by atoms with Gasteiger partial charge >= 0.3 is 0 Å². The number of allylic oxidation sites excluding steroid dienone is 2. The van der Waals surface area contributed by atoms with Crippen molar-refractivity contribution < 1.29 is 4.79 Å². The van der Waals surface area contributed by atoms with Crippen LogP contribution in [0.5, 0.6) is 0 Å². The Kier molecular flexibility index (Phi) is 5.53. The van der Waals surface area contributed by atoms with Gasteiger partial charge in [-0.05, 0) is 32.4 Å². The van der Waals surface area contributed by atoms with Crippen LogP contribution in [0.4, 0.5) is 0 Å². The molecule has 4 heterocycles. The Morgan fingerprint density at radius 1 is 0.591 bits per heavy atom. The van der Waals surface area contributed by atoms with E-state index in [0.717, 1.165) is 9.81 Å². The van der Waals surface area contributed by atoms with E-state index in [9.17, 15) is 4.79 Å². The van der Waals surface area contributed by atoms with E-state index in [1.54, 1.807) is 94.1 Å². The minimum Gasteiger partial charge on any atom is -0.287 e. The SMILES string of the molecule is O=C(C1=CSC(=C2SC=CS2)S1)C1=CSC(=C2SC=CS2)S1. The summed E-state index contributed by atoms with van der Waals surface area (Å²) in [5.41, 5.74) is 0. The molecule has 4 aliphatic rings. The summed E-state index contributed by atoms with van der Waals surface area (Å²) >= 11 is 13.5. The first kappa shape index (κ1) is 16.4. The summed E-state index contributed by atoms with van der Waals surface area (Å²) in [4.78, 5) is 14.3. The van der Waals surface area contributed by atoms with Crippen molar-refractivity contribution in [3.05, 3.63) is 59.2 Å². The molecule has 0 bridgehead atoms. The van der Waals surface area contributed by atoms with E-state index < -0.39 is 0 Å². The number of thioether (sulfide) groups is 8. The normalized spacial score (nSPS) is 23.8. The highest BCUT2D eigenvalue weighted by Crippen LogP contribution is 2.57. The molecule has 0 N–H and O–H groups in total. The van der Waals surface area contributed by atoms with Gasteiger partial charge in [0, 0.05) is 0 Å². The molecule has 22 heavy (non-hydrogen) atoms. The Hall–Kier alpha value is 0.910. The molecule has 0 amide bonds. The van der Waals surface area contributed by atoms with Crippen molar-refractivity contribution >= 4 is 99.9 Å². The maximum absolute atomic E-state index is 12.7. The van der Waals surface area contributed by atoms with Crippen molar-refractivity contribution in [2.45, 2.75) is 0 Å². The lowest BCUT2D eigenvalue weighted by molar-refractivity contribution is -0.110. The monoisotopic (exact) mass is 434 g/mol. The van der Waals surface area contributed by atoms with Gasteiger partial charge in [0.1, 0.15) is 0 Å². The molecule has 0 unspecified atom stereocenters. The van der Waals surface area contributed by atoms with Crippen LogP contribution in [0.25, 0.3) is 0 Å². The lowest BCUT2D eigenvalue weighted by Crippen LogP contribution is -1.97. The molecule has 0 aromatic heterocycles. The molecule has 0 radical (unpaired) electrons. The maximum Gasteiger partial charge on any atom is 0.207 e. The first-order valence-corrected chi connectivity index (χ1v) is 12.8. The first-order chi connectivity index (χ1) is 10.8. The fraction of sp³-hybridized carbons (Fsp3) is 0. The molecule has 112 valence electrons. The van der Waals surface area contributed by atoms with Gasteiger partial charge < -0.3 is 0 Å². The van der Waals surface area contributed by atoms with Crippen LogP contribution in [0.15, 0.2) is 59.2 Å². The van der Waals surface area contributed by atoms with E-state index in [4.69, 9.17) is 0 Å². The number of ketones is 1. The second-order valence-corrected chi connectivity index (χ2v) is 12.5. The molecule has 1 nitrogen and oxygen atoms in total. The zero-order chi connectivity index (χ0) is 14.9. The summed E-state index contributed by atoms with van der Waals surface area (Å²) in [5.74, 6) is 0.156. The Morgan fingerprint density at radius 3 is 1.41 bits per heavy atom. The van der Waals surface area contributed by atoms with Gasteiger partial charge in [0.2, 0.25) is 5.78 Å². The predicted molar refractivity (Wildman–Crippen MR) is 114 cm³/mol. The highest BCUT2D eigenvalue weighted by Gasteiger charge is 2.29. The lowest BCUT2D eigenvalue weighted by atomic mass is 10.4. The van der Waals surface area contributed by atoms with Crippen LogP contribution >= 0.6 is 94.1 Å². The van der Waals surface area contributed by atoms with Gasteiger partial charge in [0.05, 0.1) is 26.8 Å². The van der Waals surface area contributed by atoms with Gasteiger partial charge in [-0.1, -0.05) is 94.1 Å². The van der Waals surface area contributed by atoms with Crippen LogP contribution < -0.4 is 0 Å². The fourth-order valence-corrected chi connectivity index (χ4v) is 10.5. The molecule has 0 spiro atoms. The zero-order valence-electron chi connectivity index (χ0n) is 10.6. The summed E-state index contributed by atoms with van der Waals surface area (Å²) in [5, 5.41) is 12.3. The zero-order valence-corrected chi connectivity index (χ0v) is 17.2. The number of Topliss-reactive ketones (excluding diaryl/α,β-unsaturated/α-hetero) is 1. The van der Waals surface area contributed by atoms with Crippen LogP contribution in [0, 0.1) is 0 Å². The second-order valence-electron chi connectivity index (χ2n) is 3.90. The van der Waals surface area contributed by atoms with Crippen LogP contribution in [0.2, 0.25) is 0 Å². The molecule has 0 atom stereocenters. The molecule has 0 aliphatic carbocycles. The average molecular weight is 435 g/mol. The van der Waals surface area contributed by atoms with E-state index >= 15 is 0 Å². The Bertz CT molecular complexity index is 644.